The average Bonchev–Trinajstić information content (AvgIpc) is 2.94. The molecule has 2 fully saturated rings. The maximum absolute atomic E-state index is 15.7. The van der Waals surface area contributed by atoms with Crippen molar-refractivity contribution in [1.29, 1.82) is 0 Å². The van der Waals surface area contributed by atoms with Crippen molar-refractivity contribution in [3.8, 4) is 11.1 Å². The number of hydrogen-bond donors (Lipinski definition) is 1. The molecular weight excluding hydrogens is 552 g/mol. The summed E-state index contributed by atoms with van der Waals surface area (Å²) in [5.74, 6) is -1.78. The minimum absolute atomic E-state index is 0.0113. The third kappa shape index (κ3) is 6.34. The monoisotopic (exact) mass is 586 g/mol. The maximum Gasteiger partial charge on any atom is 0.264 e. The van der Waals surface area contributed by atoms with Gasteiger partial charge in [0.25, 0.3) is 12.3 Å². The molecule has 0 bridgehead atoms. The van der Waals surface area contributed by atoms with Gasteiger partial charge in [-0.2, -0.15) is 0 Å². The molecule has 0 aliphatic carbocycles. The van der Waals surface area contributed by atoms with Crippen LogP contribution in [0.15, 0.2) is 42.7 Å². The summed E-state index contributed by atoms with van der Waals surface area (Å²) in [5.41, 5.74) is 0.0859. The summed E-state index contributed by atoms with van der Waals surface area (Å²) in [6, 6.07) is 5.57. The number of nitrogens with zero attached hydrogens (tertiary/aromatic N) is 5. The largest absolute Gasteiger partial charge is 0.372 e. The number of morpholine rings is 1. The molecule has 3 heterocycles. The van der Waals surface area contributed by atoms with E-state index in [4.69, 9.17) is 4.74 Å². The zero-order valence-electron chi connectivity index (χ0n) is 24.0. The van der Waals surface area contributed by atoms with Gasteiger partial charge >= 0.3 is 0 Å². The molecule has 12 heteroatoms. The van der Waals surface area contributed by atoms with Gasteiger partial charge in [0, 0.05) is 73.4 Å². The van der Waals surface area contributed by atoms with E-state index in [1.165, 1.54) is 24.5 Å². The molecule has 2 aromatic carbocycles. The standard InChI is InChI=1S/C30H34F4N6O2/c1-17-14-39(8-7-38(17)4)27-11-25(32)23(20-12-35-30(36-13-20)40-15-18(2)42-19(3)16-40)10-26(27)37-29(41)22-6-5-21(31)9-24(22)28(33)34/h5-6,9-13,17-19,28H,7-8,14-16H2,1-4H3,(H,37,41)/t17-,18-,19+/m0/s1. The molecule has 1 aromatic heterocycles. The highest BCUT2D eigenvalue weighted by Gasteiger charge is 2.27. The lowest BCUT2D eigenvalue weighted by Gasteiger charge is -2.39. The molecule has 224 valence electrons. The Labute approximate surface area is 242 Å². The first-order chi connectivity index (χ1) is 20.0. The van der Waals surface area contributed by atoms with Crippen molar-refractivity contribution in [1.82, 2.24) is 14.9 Å². The number of alkyl halides is 2. The maximum atomic E-state index is 15.7. The van der Waals surface area contributed by atoms with Crippen molar-refractivity contribution in [3.05, 3.63) is 65.5 Å². The van der Waals surface area contributed by atoms with E-state index in [-0.39, 0.29) is 35.1 Å². The highest BCUT2D eigenvalue weighted by atomic mass is 19.3. The van der Waals surface area contributed by atoms with Crippen LogP contribution in [-0.4, -0.2) is 78.8 Å². The number of anilines is 3. The molecule has 2 aliphatic rings. The Bertz CT molecular complexity index is 1430. The normalized spacial score (nSPS) is 21.6. The summed E-state index contributed by atoms with van der Waals surface area (Å²) in [6.45, 7) is 9.06. The molecule has 2 saturated heterocycles. The third-order valence-corrected chi connectivity index (χ3v) is 7.78. The first kappa shape index (κ1) is 29.7. The van der Waals surface area contributed by atoms with Gasteiger partial charge in [0.1, 0.15) is 11.6 Å². The number of benzene rings is 2. The molecule has 5 rings (SSSR count). The fraction of sp³-hybridized carbons (Fsp3) is 0.433. The van der Waals surface area contributed by atoms with Crippen LogP contribution in [-0.2, 0) is 4.74 Å². The van der Waals surface area contributed by atoms with Gasteiger partial charge in [-0.15, -0.1) is 0 Å². The Morgan fingerprint density at radius 2 is 1.67 bits per heavy atom. The zero-order chi connectivity index (χ0) is 30.1. The number of carbonyl (C=O) groups excluding carboxylic acids is 1. The molecule has 1 amide bonds. The Morgan fingerprint density at radius 3 is 2.31 bits per heavy atom. The van der Waals surface area contributed by atoms with Crippen LogP contribution < -0.4 is 15.1 Å². The Morgan fingerprint density at radius 1 is 0.976 bits per heavy atom. The number of amides is 1. The predicted octanol–water partition coefficient (Wildman–Crippen LogP) is 5.37. The second kappa shape index (κ2) is 12.2. The molecule has 1 N–H and O–H groups in total. The van der Waals surface area contributed by atoms with Gasteiger partial charge in [-0.3, -0.25) is 4.79 Å². The summed E-state index contributed by atoms with van der Waals surface area (Å²) in [6.07, 6.45) is -0.00149. The van der Waals surface area contributed by atoms with Crippen molar-refractivity contribution in [2.45, 2.75) is 45.4 Å². The first-order valence-electron chi connectivity index (χ1n) is 13.9. The van der Waals surface area contributed by atoms with E-state index in [0.29, 0.717) is 56.0 Å². The van der Waals surface area contributed by atoms with Crippen LogP contribution in [0.2, 0.25) is 0 Å². The van der Waals surface area contributed by atoms with Crippen LogP contribution >= 0.6 is 0 Å². The lowest BCUT2D eigenvalue weighted by Crippen LogP contribution is -2.50. The molecule has 0 radical (unpaired) electrons. The summed E-state index contributed by atoms with van der Waals surface area (Å²) >= 11 is 0. The fourth-order valence-corrected chi connectivity index (χ4v) is 5.49. The number of halogens is 4. The van der Waals surface area contributed by atoms with E-state index in [2.05, 4.69) is 20.2 Å². The smallest absolute Gasteiger partial charge is 0.264 e. The van der Waals surface area contributed by atoms with Crippen molar-refractivity contribution >= 4 is 23.2 Å². The molecule has 0 spiro atoms. The number of hydrogen-bond acceptors (Lipinski definition) is 7. The van der Waals surface area contributed by atoms with Crippen LogP contribution in [0.25, 0.3) is 11.1 Å². The van der Waals surface area contributed by atoms with Gasteiger partial charge in [-0.25, -0.2) is 27.5 Å². The first-order valence-corrected chi connectivity index (χ1v) is 13.9. The Kier molecular flexibility index (Phi) is 8.65. The molecule has 8 nitrogen and oxygen atoms in total. The lowest BCUT2D eigenvalue weighted by atomic mass is 10.0. The Hall–Kier alpha value is -3.77. The molecule has 42 heavy (non-hydrogen) atoms. The van der Waals surface area contributed by atoms with E-state index in [1.807, 2.05) is 37.6 Å². The highest BCUT2D eigenvalue weighted by molar-refractivity contribution is 6.07. The van der Waals surface area contributed by atoms with Crippen LogP contribution in [0.4, 0.5) is 34.9 Å². The van der Waals surface area contributed by atoms with Crippen molar-refractivity contribution in [3.63, 3.8) is 0 Å². The molecular formula is C30H34F4N6O2. The second-order valence-corrected chi connectivity index (χ2v) is 11.0. The molecule has 0 unspecified atom stereocenters. The molecule has 3 atom stereocenters. The van der Waals surface area contributed by atoms with Crippen LogP contribution in [0, 0.1) is 11.6 Å². The van der Waals surface area contributed by atoms with E-state index >= 15 is 4.39 Å². The molecule has 2 aliphatic heterocycles. The van der Waals surface area contributed by atoms with E-state index in [0.717, 1.165) is 12.1 Å². The van der Waals surface area contributed by atoms with Crippen LogP contribution in [0.5, 0.6) is 0 Å². The highest BCUT2D eigenvalue weighted by Crippen LogP contribution is 2.36. The second-order valence-electron chi connectivity index (χ2n) is 11.0. The van der Waals surface area contributed by atoms with Gasteiger partial charge in [0.2, 0.25) is 5.95 Å². The number of carbonyl (C=O) groups is 1. The quantitative estimate of drug-likeness (QED) is 0.390. The Balaban J connectivity index is 1.50. The summed E-state index contributed by atoms with van der Waals surface area (Å²) in [4.78, 5) is 28.3. The fourth-order valence-electron chi connectivity index (χ4n) is 5.49. The number of nitrogens with one attached hydrogen (secondary N) is 1. The van der Waals surface area contributed by atoms with Gasteiger partial charge in [-0.1, -0.05) is 0 Å². The summed E-state index contributed by atoms with van der Waals surface area (Å²) < 4.78 is 62.5. The lowest BCUT2D eigenvalue weighted by molar-refractivity contribution is -0.00572. The summed E-state index contributed by atoms with van der Waals surface area (Å²) in [7, 11) is 2.00. The van der Waals surface area contributed by atoms with E-state index < -0.39 is 29.5 Å². The van der Waals surface area contributed by atoms with Gasteiger partial charge in [0.05, 0.1) is 23.6 Å². The van der Waals surface area contributed by atoms with E-state index in [9.17, 15) is 18.0 Å². The number of piperazine rings is 1. The number of rotatable bonds is 6. The average molecular weight is 587 g/mol. The van der Waals surface area contributed by atoms with Crippen LogP contribution in [0.1, 0.15) is 43.1 Å². The summed E-state index contributed by atoms with van der Waals surface area (Å²) in [5, 5.41) is 2.70. The van der Waals surface area contributed by atoms with Crippen molar-refractivity contribution < 1.29 is 27.1 Å². The van der Waals surface area contributed by atoms with E-state index in [1.54, 1.807) is 0 Å². The number of aromatic nitrogens is 2. The minimum atomic E-state index is -3.06. The van der Waals surface area contributed by atoms with Gasteiger partial charge < -0.3 is 24.8 Å². The van der Waals surface area contributed by atoms with Gasteiger partial charge in [0.15, 0.2) is 0 Å². The van der Waals surface area contributed by atoms with Crippen molar-refractivity contribution in [2.24, 2.45) is 0 Å². The number of ether oxygens (including phenoxy) is 1. The predicted molar refractivity (Wildman–Crippen MR) is 153 cm³/mol. The SMILES string of the molecule is C[C@@H]1CN(c2ncc(-c3cc(NC(=O)c4ccc(F)cc4C(F)F)c(N4CCN(C)[C@@H](C)C4)cc3F)cn2)C[C@H](C)O1. The zero-order valence-corrected chi connectivity index (χ0v) is 24.0. The van der Waals surface area contributed by atoms with Crippen molar-refractivity contribution in [2.75, 3.05) is 54.9 Å². The van der Waals surface area contributed by atoms with Crippen LogP contribution in [0.3, 0.4) is 0 Å². The molecule has 0 saturated carbocycles. The topological polar surface area (TPSA) is 73.8 Å². The minimum Gasteiger partial charge on any atom is -0.372 e. The third-order valence-electron chi connectivity index (χ3n) is 7.78. The van der Waals surface area contributed by atoms with Gasteiger partial charge in [-0.05, 0) is 58.2 Å². The number of likely N-dealkylation sites (N-methyl/N-ethyl adjacent to an activating group) is 1. The molecule has 3 aromatic rings.